The van der Waals surface area contributed by atoms with Gasteiger partial charge in [-0.15, -0.1) is 0 Å². The molecule has 0 saturated heterocycles. The first-order chi connectivity index (χ1) is 11.0. The highest BCUT2D eigenvalue weighted by atomic mass is 19.1. The summed E-state index contributed by atoms with van der Waals surface area (Å²) in [6, 6.07) is 7.84. The zero-order chi connectivity index (χ0) is 17.0. The SMILES string of the molecule is CCc1nn(Cc2ccc(C#N)cc2F)c(=O)c(C#N)c1CC. The van der Waals surface area contributed by atoms with E-state index in [2.05, 4.69) is 5.10 Å². The van der Waals surface area contributed by atoms with Gasteiger partial charge in [0.05, 0.1) is 23.9 Å². The van der Waals surface area contributed by atoms with E-state index in [0.717, 1.165) is 10.7 Å². The average Bonchev–Trinajstić information content (AvgIpc) is 2.57. The van der Waals surface area contributed by atoms with Crippen LogP contribution in [-0.2, 0) is 19.4 Å². The van der Waals surface area contributed by atoms with Crippen molar-refractivity contribution in [2.45, 2.75) is 33.2 Å². The number of nitriles is 2. The molecule has 6 heteroatoms. The Labute approximate surface area is 133 Å². The first kappa shape index (κ1) is 16.4. The summed E-state index contributed by atoms with van der Waals surface area (Å²) >= 11 is 0. The molecule has 0 aliphatic rings. The highest BCUT2D eigenvalue weighted by Gasteiger charge is 2.16. The van der Waals surface area contributed by atoms with Crippen molar-refractivity contribution < 1.29 is 4.39 Å². The molecule has 1 heterocycles. The summed E-state index contributed by atoms with van der Waals surface area (Å²) in [5.74, 6) is -0.575. The first-order valence-corrected chi connectivity index (χ1v) is 7.27. The van der Waals surface area contributed by atoms with Gasteiger partial charge in [-0.2, -0.15) is 15.6 Å². The van der Waals surface area contributed by atoms with Crippen molar-refractivity contribution in [1.82, 2.24) is 9.78 Å². The lowest BCUT2D eigenvalue weighted by atomic mass is 10.0. The van der Waals surface area contributed by atoms with Gasteiger partial charge in [0.1, 0.15) is 17.4 Å². The van der Waals surface area contributed by atoms with Crippen molar-refractivity contribution in [1.29, 1.82) is 10.5 Å². The molecule has 0 unspecified atom stereocenters. The minimum Gasteiger partial charge on any atom is -0.266 e. The Hall–Kier alpha value is -2.99. The minimum atomic E-state index is -0.575. The van der Waals surface area contributed by atoms with Crippen LogP contribution in [0.1, 0.15) is 41.8 Å². The number of rotatable bonds is 4. The van der Waals surface area contributed by atoms with Crippen LogP contribution in [0.25, 0.3) is 0 Å². The van der Waals surface area contributed by atoms with Crippen LogP contribution in [0.3, 0.4) is 0 Å². The molecule has 0 aliphatic heterocycles. The van der Waals surface area contributed by atoms with E-state index in [1.54, 1.807) is 0 Å². The minimum absolute atomic E-state index is 0.0633. The van der Waals surface area contributed by atoms with Gasteiger partial charge in [0.25, 0.3) is 5.56 Å². The van der Waals surface area contributed by atoms with Crippen molar-refractivity contribution in [3.8, 4) is 12.1 Å². The second-order valence-corrected chi connectivity index (χ2v) is 5.00. The lowest BCUT2D eigenvalue weighted by Crippen LogP contribution is -2.29. The van der Waals surface area contributed by atoms with Gasteiger partial charge < -0.3 is 0 Å². The summed E-state index contributed by atoms with van der Waals surface area (Å²) in [6.07, 6.45) is 1.12. The number of hydrogen-bond donors (Lipinski definition) is 0. The zero-order valence-electron chi connectivity index (χ0n) is 12.9. The van der Waals surface area contributed by atoms with E-state index in [1.165, 1.54) is 12.1 Å². The molecule has 0 spiro atoms. The molecule has 1 aromatic carbocycles. The van der Waals surface area contributed by atoms with Gasteiger partial charge in [-0.05, 0) is 30.5 Å². The van der Waals surface area contributed by atoms with Crippen LogP contribution in [0.2, 0.25) is 0 Å². The molecule has 116 valence electrons. The van der Waals surface area contributed by atoms with E-state index in [9.17, 15) is 14.4 Å². The third kappa shape index (κ3) is 3.12. The molecule has 0 radical (unpaired) electrons. The molecular weight excluding hydrogens is 295 g/mol. The molecule has 23 heavy (non-hydrogen) atoms. The van der Waals surface area contributed by atoms with Gasteiger partial charge in [0.15, 0.2) is 0 Å². The van der Waals surface area contributed by atoms with E-state index in [-0.39, 0.29) is 23.2 Å². The predicted molar refractivity (Wildman–Crippen MR) is 82.2 cm³/mol. The maximum atomic E-state index is 14.0. The van der Waals surface area contributed by atoms with Gasteiger partial charge in [0.2, 0.25) is 0 Å². The van der Waals surface area contributed by atoms with Crippen LogP contribution < -0.4 is 5.56 Å². The Morgan fingerprint density at radius 2 is 1.96 bits per heavy atom. The maximum Gasteiger partial charge on any atom is 0.285 e. The maximum absolute atomic E-state index is 14.0. The summed E-state index contributed by atoms with van der Waals surface area (Å²) in [4.78, 5) is 12.4. The summed E-state index contributed by atoms with van der Waals surface area (Å²) in [5, 5.41) is 22.3. The Kier molecular flexibility index (Phi) is 4.88. The van der Waals surface area contributed by atoms with Crippen LogP contribution in [0, 0.1) is 28.5 Å². The van der Waals surface area contributed by atoms with Crippen LogP contribution in [0.15, 0.2) is 23.0 Å². The van der Waals surface area contributed by atoms with Crippen molar-refractivity contribution >= 4 is 0 Å². The number of aryl methyl sites for hydroxylation is 1. The molecule has 0 aliphatic carbocycles. The Morgan fingerprint density at radius 1 is 1.22 bits per heavy atom. The number of halogens is 1. The lowest BCUT2D eigenvalue weighted by Gasteiger charge is -2.12. The van der Waals surface area contributed by atoms with Crippen molar-refractivity contribution in [3.63, 3.8) is 0 Å². The standard InChI is InChI=1S/C17H15FN4O/c1-3-13-14(9-20)17(23)22(21-16(13)4-2)10-12-6-5-11(8-19)7-15(12)18/h5-7H,3-4,10H2,1-2H3. The summed E-state index contributed by atoms with van der Waals surface area (Å²) in [6.45, 7) is 3.67. The van der Waals surface area contributed by atoms with Crippen molar-refractivity contribution in [2.75, 3.05) is 0 Å². The van der Waals surface area contributed by atoms with Gasteiger partial charge >= 0.3 is 0 Å². The fraction of sp³-hybridized carbons (Fsp3) is 0.294. The third-order valence-corrected chi connectivity index (χ3v) is 3.64. The molecule has 0 atom stereocenters. The van der Waals surface area contributed by atoms with E-state index in [1.807, 2.05) is 26.0 Å². The van der Waals surface area contributed by atoms with Gasteiger partial charge in [-0.3, -0.25) is 4.79 Å². The van der Waals surface area contributed by atoms with Gasteiger partial charge in [-0.25, -0.2) is 9.07 Å². The number of hydrogen-bond acceptors (Lipinski definition) is 4. The second kappa shape index (κ2) is 6.85. The molecule has 5 nitrogen and oxygen atoms in total. The highest BCUT2D eigenvalue weighted by molar-refractivity contribution is 5.38. The Balaban J connectivity index is 2.55. The largest absolute Gasteiger partial charge is 0.285 e. The molecule has 2 aromatic rings. The topological polar surface area (TPSA) is 82.5 Å². The second-order valence-electron chi connectivity index (χ2n) is 5.00. The summed E-state index contributed by atoms with van der Waals surface area (Å²) in [7, 11) is 0. The van der Waals surface area contributed by atoms with E-state index in [0.29, 0.717) is 24.1 Å². The van der Waals surface area contributed by atoms with Crippen molar-refractivity contribution in [2.24, 2.45) is 0 Å². The number of nitrogens with zero attached hydrogens (tertiary/aromatic N) is 4. The van der Waals surface area contributed by atoms with E-state index in [4.69, 9.17) is 5.26 Å². The smallest absolute Gasteiger partial charge is 0.266 e. The molecule has 0 N–H and O–H groups in total. The molecule has 0 bridgehead atoms. The zero-order valence-corrected chi connectivity index (χ0v) is 12.9. The van der Waals surface area contributed by atoms with Crippen LogP contribution >= 0.6 is 0 Å². The number of benzene rings is 1. The Bertz CT molecular complexity index is 887. The molecule has 2 rings (SSSR count). The van der Waals surface area contributed by atoms with Gasteiger partial charge in [0, 0.05) is 5.56 Å². The van der Waals surface area contributed by atoms with Crippen LogP contribution in [-0.4, -0.2) is 9.78 Å². The van der Waals surface area contributed by atoms with Gasteiger partial charge in [-0.1, -0.05) is 19.9 Å². The summed E-state index contributed by atoms with van der Waals surface area (Å²) in [5.41, 5.74) is 1.31. The first-order valence-electron chi connectivity index (χ1n) is 7.27. The fourth-order valence-electron chi connectivity index (χ4n) is 2.45. The number of aromatic nitrogens is 2. The fourth-order valence-corrected chi connectivity index (χ4v) is 2.45. The van der Waals surface area contributed by atoms with E-state index < -0.39 is 11.4 Å². The van der Waals surface area contributed by atoms with E-state index >= 15 is 0 Å². The molecular formula is C17H15FN4O. The monoisotopic (exact) mass is 310 g/mol. The van der Waals surface area contributed by atoms with Crippen molar-refractivity contribution in [3.05, 3.63) is 62.3 Å². The average molecular weight is 310 g/mol. The van der Waals surface area contributed by atoms with Crippen LogP contribution in [0.5, 0.6) is 0 Å². The van der Waals surface area contributed by atoms with Crippen LogP contribution in [0.4, 0.5) is 4.39 Å². The quantitative estimate of drug-likeness (QED) is 0.867. The predicted octanol–water partition coefficient (Wildman–Crippen LogP) is 2.30. The normalized spacial score (nSPS) is 10.1. The summed E-state index contributed by atoms with van der Waals surface area (Å²) < 4.78 is 15.1. The molecule has 0 amide bonds. The highest BCUT2D eigenvalue weighted by Crippen LogP contribution is 2.13. The lowest BCUT2D eigenvalue weighted by molar-refractivity contribution is 0.562. The molecule has 1 aromatic heterocycles. The third-order valence-electron chi connectivity index (χ3n) is 3.64. The Morgan fingerprint density at radius 3 is 2.48 bits per heavy atom. The molecule has 0 fully saturated rings. The molecule has 0 saturated carbocycles.